The number of hydrogen-bond acceptors (Lipinski definition) is 3. The molecule has 18 heavy (non-hydrogen) atoms. The van der Waals surface area contributed by atoms with Crippen molar-refractivity contribution in [1.29, 1.82) is 0 Å². The van der Waals surface area contributed by atoms with Crippen molar-refractivity contribution in [2.45, 2.75) is 6.61 Å². The SMILES string of the molecule is BrOB(OCc1ccccc1)Oc1ccccc1. The fourth-order valence-corrected chi connectivity index (χ4v) is 1.61. The van der Waals surface area contributed by atoms with Crippen LogP contribution in [0.3, 0.4) is 0 Å². The summed E-state index contributed by atoms with van der Waals surface area (Å²) in [7, 11) is -0.785. The summed E-state index contributed by atoms with van der Waals surface area (Å²) in [5.74, 6) is 0.690. The molecule has 0 bridgehead atoms. The molecule has 0 amide bonds. The van der Waals surface area contributed by atoms with Crippen molar-refractivity contribution in [1.82, 2.24) is 0 Å². The van der Waals surface area contributed by atoms with Gasteiger partial charge in [0.2, 0.25) is 0 Å². The van der Waals surface area contributed by atoms with E-state index in [0.717, 1.165) is 5.56 Å². The number of halogens is 1. The van der Waals surface area contributed by atoms with Gasteiger partial charge in [-0.15, -0.1) is 0 Å². The molecule has 2 aromatic carbocycles. The minimum atomic E-state index is -0.785. The summed E-state index contributed by atoms with van der Waals surface area (Å²) >= 11 is 2.90. The van der Waals surface area contributed by atoms with Crippen molar-refractivity contribution in [3.63, 3.8) is 0 Å². The molecular weight excluding hydrogens is 295 g/mol. The van der Waals surface area contributed by atoms with Crippen LogP contribution in [-0.4, -0.2) is 7.32 Å². The fraction of sp³-hybridized carbons (Fsp3) is 0.0769. The van der Waals surface area contributed by atoms with Gasteiger partial charge in [-0.05, 0) is 17.7 Å². The predicted octanol–water partition coefficient (Wildman–Crippen LogP) is 3.59. The molecule has 0 atom stereocenters. The Morgan fingerprint density at radius 2 is 1.50 bits per heavy atom. The van der Waals surface area contributed by atoms with Crippen LogP contribution < -0.4 is 4.65 Å². The zero-order chi connectivity index (χ0) is 12.6. The van der Waals surface area contributed by atoms with Gasteiger partial charge in [0.25, 0.3) is 0 Å². The number of benzene rings is 2. The van der Waals surface area contributed by atoms with E-state index < -0.39 is 7.32 Å². The van der Waals surface area contributed by atoms with Crippen molar-refractivity contribution in [2.75, 3.05) is 0 Å². The van der Waals surface area contributed by atoms with E-state index in [1.165, 1.54) is 0 Å². The second-order valence-corrected chi connectivity index (χ2v) is 3.98. The molecule has 92 valence electrons. The van der Waals surface area contributed by atoms with Crippen LogP contribution in [0.4, 0.5) is 0 Å². The van der Waals surface area contributed by atoms with Crippen LogP contribution in [0.25, 0.3) is 0 Å². The van der Waals surface area contributed by atoms with Crippen LogP contribution in [0.15, 0.2) is 60.7 Å². The second kappa shape index (κ2) is 7.21. The first kappa shape index (κ1) is 13.1. The van der Waals surface area contributed by atoms with Gasteiger partial charge in [-0.3, -0.25) is 3.75 Å². The van der Waals surface area contributed by atoms with Crippen LogP contribution in [-0.2, 0) is 15.0 Å². The van der Waals surface area contributed by atoms with Gasteiger partial charge in [0.05, 0.1) is 22.9 Å². The number of hydrogen-bond donors (Lipinski definition) is 0. The molecule has 5 heteroatoms. The summed E-state index contributed by atoms with van der Waals surface area (Å²) in [6, 6.07) is 19.2. The molecule has 2 rings (SSSR count). The molecule has 0 radical (unpaired) electrons. The van der Waals surface area contributed by atoms with Crippen molar-refractivity contribution < 1.29 is 13.1 Å². The van der Waals surface area contributed by atoms with Crippen molar-refractivity contribution in [3.05, 3.63) is 66.2 Å². The molecule has 0 heterocycles. The normalized spacial score (nSPS) is 10.1. The van der Waals surface area contributed by atoms with Gasteiger partial charge in [0, 0.05) is 0 Å². The summed E-state index contributed by atoms with van der Waals surface area (Å²) in [4.78, 5) is 0. The van der Waals surface area contributed by atoms with Crippen LogP contribution in [0.2, 0.25) is 0 Å². The topological polar surface area (TPSA) is 27.7 Å². The molecular formula is C13H12BBrO3. The molecule has 0 spiro atoms. The van der Waals surface area contributed by atoms with E-state index in [1.807, 2.05) is 60.7 Å². The number of rotatable bonds is 6. The lowest BCUT2D eigenvalue weighted by atomic mass is 10.2. The average molecular weight is 307 g/mol. The Balaban J connectivity index is 1.86. The van der Waals surface area contributed by atoms with Crippen molar-refractivity contribution in [2.24, 2.45) is 0 Å². The van der Waals surface area contributed by atoms with Gasteiger partial charge in [-0.2, -0.15) is 0 Å². The Hall–Kier alpha value is -1.30. The van der Waals surface area contributed by atoms with E-state index in [0.29, 0.717) is 12.4 Å². The van der Waals surface area contributed by atoms with Gasteiger partial charge < -0.3 is 9.31 Å². The molecule has 0 aliphatic carbocycles. The first-order valence-electron chi connectivity index (χ1n) is 5.53. The highest BCUT2D eigenvalue weighted by molar-refractivity contribution is 9.06. The monoisotopic (exact) mass is 306 g/mol. The smallest absolute Gasteiger partial charge is 0.511 e. The van der Waals surface area contributed by atoms with Gasteiger partial charge in [-0.1, -0.05) is 48.5 Å². The fourth-order valence-electron chi connectivity index (χ4n) is 1.43. The Kier molecular flexibility index (Phi) is 5.26. The Morgan fingerprint density at radius 1 is 0.889 bits per heavy atom. The van der Waals surface area contributed by atoms with Gasteiger partial charge >= 0.3 is 7.32 Å². The van der Waals surface area contributed by atoms with Crippen LogP contribution in [0.5, 0.6) is 5.75 Å². The second-order valence-electron chi connectivity index (χ2n) is 3.61. The zero-order valence-electron chi connectivity index (χ0n) is 9.66. The summed E-state index contributed by atoms with van der Waals surface area (Å²) < 4.78 is 15.9. The zero-order valence-corrected chi connectivity index (χ0v) is 11.2. The highest BCUT2D eigenvalue weighted by atomic mass is 79.9. The molecule has 2 aromatic rings. The van der Waals surface area contributed by atoms with Crippen LogP contribution in [0.1, 0.15) is 5.56 Å². The first-order chi connectivity index (χ1) is 8.88. The first-order valence-corrected chi connectivity index (χ1v) is 6.18. The van der Waals surface area contributed by atoms with Crippen molar-refractivity contribution >= 4 is 23.6 Å². The molecule has 0 unspecified atom stereocenters. The minimum absolute atomic E-state index is 0.421. The molecule has 0 N–H and O–H groups in total. The maximum Gasteiger partial charge on any atom is 0.724 e. The molecule has 0 fully saturated rings. The average Bonchev–Trinajstić information content (AvgIpc) is 2.45. The number of para-hydroxylation sites is 1. The predicted molar refractivity (Wildman–Crippen MR) is 74.1 cm³/mol. The summed E-state index contributed by atoms with van der Waals surface area (Å²) in [5.41, 5.74) is 1.06. The van der Waals surface area contributed by atoms with Crippen LogP contribution >= 0.6 is 16.3 Å². The lowest BCUT2D eigenvalue weighted by Gasteiger charge is -2.11. The molecule has 3 nitrogen and oxygen atoms in total. The highest BCUT2D eigenvalue weighted by Gasteiger charge is 2.23. The standard InChI is InChI=1S/C13H12BBrO3/c15-18-14(17-13-9-5-2-6-10-13)16-11-12-7-3-1-4-8-12/h1-10H,11H2. The largest absolute Gasteiger partial charge is 0.724 e. The maximum atomic E-state index is 5.49. The van der Waals surface area contributed by atoms with E-state index in [9.17, 15) is 0 Å². The summed E-state index contributed by atoms with van der Waals surface area (Å²) in [5, 5.41) is 0. The molecule has 0 saturated carbocycles. The maximum absolute atomic E-state index is 5.49. The van der Waals surface area contributed by atoms with E-state index in [1.54, 1.807) is 0 Å². The molecule has 0 aromatic heterocycles. The third-order valence-corrected chi connectivity index (χ3v) is 2.58. The summed E-state index contributed by atoms with van der Waals surface area (Å²) in [6.45, 7) is 0.421. The van der Waals surface area contributed by atoms with E-state index >= 15 is 0 Å². The van der Waals surface area contributed by atoms with Crippen molar-refractivity contribution in [3.8, 4) is 5.75 Å². The molecule has 0 saturated heterocycles. The van der Waals surface area contributed by atoms with Gasteiger partial charge in [-0.25, -0.2) is 0 Å². The minimum Gasteiger partial charge on any atom is -0.511 e. The van der Waals surface area contributed by atoms with E-state index in [2.05, 4.69) is 16.3 Å². The van der Waals surface area contributed by atoms with Gasteiger partial charge in [0.15, 0.2) is 0 Å². The Labute approximate surface area is 115 Å². The van der Waals surface area contributed by atoms with Crippen LogP contribution in [0, 0.1) is 0 Å². The van der Waals surface area contributed by atoms with E-state index in [-0.39, 0.29) is 0 Å². The van der Waals surface area contributed by atoms with E-state index in [4.69, 9.17) is 13.1 Å². The third kappa shape index (κ3) is 4.18. The quantitative estimate of drug-likeness (QED) is 0.763. The lowest BCUT2D eigenvalue weighted by molar-refractivity contribution is 0.204. The molecule has 0 aliphatic heterocycles. The third-order valence-electron chi connectivity index (χ3n) is 2.28. The summed E-state index contributed by atoms with van der Waals surface area (Å²) in [6.07, 6.45) is 0. The Morgan fingerprint density at radius 3 is 2.11 bits per heavy atom. The highest BCUT2D eigenvalue weighted by Crippen LogP contribution is 2.12. The lowest BCUT2D eigenvalue weighted by Crippen LogP contribution is -2.26. The van der Waals surface area contributed by atoms with Gasteiger partial charge in [0.1, 0.15) is 5.75 Å². The Bertz CT molecular complexity index is 452. The molecule has 0 aliphatic rings.